The van der Waals surface area contributed by atoms with Gasteiger partial charge in [-0.05, 0) is 97.0 Å². The molecule has 0 nitrogen and oxygen atoms in total. The Morgan fingerprint density at radius 2 is 1.44 bits per heavy atom. The van der Waals surface area contributed by atoms with E-state index in [1.54, 1.807) is 0 Å². The van der Waals surface area contributed by atoms with E-state index in [0.29, 0.717) is 0 Å². The topological polar surface area (TPSA) is 0 Å². The average molecular weight is 439 g/mol. The van der Waals surface area contributed by atoms with Crippen LogP contribution in [-0.2, 0) is 12.8 Å². The lowest BCUT2D eigenvalue weighted by molar-refractivity contribution is 0.0325. The minimum Gasteiger partial charge on any atom is -0.0651 e. The number of hydrogen-bond donors (Lipinski definition) is 0. The fourth-order valence-corrected chi connectivity index (χ4v) is 7.57. The van der Waals surface area contributed by atoms with Crippen LogP contribution in [0, 0.1) is 47.3 Å². The summed E-state index contributed by atoms with van der Waals surface area (Å²) >= 11 is 0. The van der Waals surface area contributed by atoms with Crippen molar-refractivity contribution in [2.45, 2.75) is 119 Å². The molecule has 2 aliphatic carbocycles. The first-order valence-corrected chi connectivity index (χ1v) is 14.5. The zero-order chi connectivity index (χ0) is 23.1. The SMILES string of the molecule is CCc1ccc(CCCCCC2CC(C)C(CC3CCC(C)C(CC)C3)C(C)C2C)cc1. The maximum atomic E-state index is 2.61. The molecule has 0 radical (unpaired) electrons. The van der Waals surface area contributed by atoms with E-state index in [9.17, 15) is 0 Å². The fourth-order valence-electron chi connectivity index (χ4n) is 7.57. The molecule has 32 heavy (non-hydrogen) atoms. The zero-order valence-corrected chi connectivity index (χ0v) is 22.4. The van der Waals surface area contributed by atoms with E-state index in [-0.39, 0.29) is 0 Å². The number of rotatable bonds is 10. The molecule has 0 saturated heterocycles. The molecule has 0 spiro atoms. The summed E-state index contributed by atoms with van der Waals surface area (Å²) in [6.07, 6.45) is 17.0. The third kappa shape index (κ3) is 6.87. The molecule has 1 aromatic rings. The second-order valence-corrected chi connectivity index (χ2v) is 12.2. The van der Waals surface area contributed by atoms with Crippen LogP contribution in [0.25, 0.3) is 0 Å². The number of benzene rings is 1. The smallest absolute Gasteiger partial charge is 0.0279 e. The molecule has 1 aromatic carbocycles. The molecule has 182 valence electrons. The van der Waals surface area contributed by atoms with E-state index in [1.165, 1.54) is 81.8 Å². The monoisotopic (exact) mass is 438 g/mol. The van der Waals surface area contributed by atoms with Crippen molar-refractivity contribution >= 4 is 0 Å². The first-order chi connectivity index (χ1) is 15.4. The van der Waals surface area contributed by atoms with Crippen LogP contribution in [0.15, 0.2) is 24.3 Å². The van der Waals surface area contributed by atoms with Gasteiger partial charge in [0.05, 0.1) is 0 Å². The summed E-state index contributed by atoms with van der Waals surface area (Å²) < 4.78 is 0. The van der Waals surface area contributed by atoms with E-state index >= 15 is 0 Å². The zero-order valence-electron chi connectivity index (χ0n) is 22.4. The largest absolute Gasteiger partial charge is 0.0651 e. The molecule has 2 aliphatic rings. The summed E-state index contributed by atoms with van der Waals surface area (Å²) in [4.78, 5) is 0. The van der Waals surface area contributed by atoms with Gasteiger partial charge in [-0.2, -0.15) is 0 Å². The standard InChI is InChI=1S/C32H54/c1-7-27-16-18-28(19-17-27)12-10-9-11-13-31-20-24(4)32(26(6)25(31)5)22-29-15-14-23(3)30(8-2)21-29/h16-19,23-26,29-32H,7-15,20-22H2,1-6H3. The van der Waals surface area contributed by atoms with Crippen molar-refractivity contribution in [3.8, 4) is 0 Å². The van der Waals surface area contributed by atoms with E-state index in [4.69, 9.17) is 0 Å². The lowest BCUT2D eigenvalue weighted by atomic mass is 9.59. The Morgan fingerprint density at radius 3 is 2.12 bits per heavy atom. The van der Waals surface area contributed by atoms with Crippen molar-refractivity contribution in [2.75, 3.05) is 0 Å². The van der Waals surface area contributed by atoms with Crippen molar-refractivity contribution in [2.24, 2.45) is 47.3 Å². The molecule has 0 amide bonds. The second kappa shape index (κ2) is 12.6. The van der Waals surface area contributed by atoms with Gasteiger partial charge < -0.3 is 0 Å². The second-order valence-electron chi connectivity index (χ2n) is 12.2. The Labute approximate surface area is 201 Å². The first-order valence-electron chi connectivity index (χ1n) is 14.5. The summed E-state index contributed by atoms with van der Waals surface area (Å²) in [6.45, 7) is 15.0. The van der Waals surface area contributed by atoms with Gasteiger partial charge in [0.15, 0.2) is 0 Å². The Morgan fingerprint density at radius 1 is 0.719 bits per heavy atom. The van der Waals surface area contributed by atoms with Crippen LogP contribution >= 0.6 is 0 Å². The normalized spacial score (nSPS) is 35.7. The summed E-state index contributed by atoms with van der Waals surface area (Å²) in [5, 5.41) is 0. The molecular formula is C32H54. The van der Waals surface area contributed by atoms with Gasteiger partial charge in [-0.15, -0.1) is 0 Å². The average Bonchev–Trinajstić information content (AvgIpc) is 2.81. The molecule has 2 fully saturated rings. The van der Waals surface area contributed by atoms with Crippen molar-refractivity contribution < 1.29 is 0 Å². The van der Waals surface area contributed by atoms with Crippen molar-refractivity contribution in [3.63, 3.8) is 0 Å². The molecule has 8 unspecified atom stereocenters. The van der Waals surface area contributed by atoms with Gasteiger partial charge in [0.1, 0.15) is 0 Å². The summed E-state index contributed by atoms with van der Waals surface area (Å²) in [5.74, 6) is 7.69. The molecule has 0 bridgehead atoms. The predicted octanol–water partition coefficient (Wildman–Crippen LogP) is 9.75. The fraction of sp³-hybridized carbons (Fsp3) is 0.812. The van der Waals surface area contributed by atoms with Crippen LogP contribution in [-0.4, -0.2) is 0 Å². The van der Waals surface area contributed by atoms with Crippen LogP contribution in [0.1, 0.15) is 117 Å². The molecule has 0 N–H and O–H groups in total. The maximum Gasteiger partial charge on any atom is -0.0279 e. The molecule has 0 heterocycles. The third-order valence-electron chi connectivity index (χ3n) is 10.2. The van der Waals surface area contributed by atoms with Gasteiger partial charge in [-0.1, -0.05) is 104 Å². The van der Waals surface area contributed by atoms with E-state index in [0.717, 1.165) is 53.8 Å². The number of aryl methyl sites for hydroxylation is 2. The number of hydrogen-bond acceptors (Lipinski definition) is 0. The van der Waals surface area contributed by atoms with Crippen molar-refractivity contribution in [1.82, 2.24) is 0 Å². The molecule has 0 aliphatic heterocycles. The van der Waals surface area contributed by atoms with Crippen molar-refractivity contribution in [3.05, 3.63) is 35.4 Å². The van der Waals surface area contributed by atoms with Crippen LogP contribution in [0.2, 0.25) is 0 Å². The molecule has 8 atom stereocenters. The van der Waals surface area contributed by atoms with Crippen molar-refractivity contribution in [1.29, 1.82) is 0 Å². The van der Waals surface area contributed by atoms with Gasteiger partial charge in [0.25, 0.3) is 0 Å². The molecule has 2 saturated carbocycles. The summed E-state index contributed by atoms with van der Waals surface area (Å²) in [7, 11) is 0. The highest BCUT2D eigenvalue weighted by molar-refractivity contribution is 5.22. The number of unbranched alkanes of at least 4 members (excludes halogenated alkanes) is 2. The molecule has 3 rings (SSSR count). The third-order valence-corrected chi connectivity index (χ3v) is 10.2. The highest BCUT2D eigenvalue weighted by Crippen LogP contribution is 2.48. The first kappa shape index (κ1) is 25.8. The van der Waals surface area contributed by atoms with E-state index < -0.39 is 0 Å². The maximum absolute atomic E-state index is 2.61. The highest BCUT2D eigenvalue weighted by atomic mass is 14.4. The van der Waals surface area contributed by atoms with Gasteiger partial charge in [0, 0.05) is 0 Å². The lowest BCUT2D eigenvalue weighted by Gasteiger charge is -2.46. The summed E-state index contributed by atoms with van der Waals surface area (Å²) in [6, 6.07) is 9.32. The molecular weight excluding hydrogens is 384 g/mol. The van der Waals surface area contributed by atoms with E-state index in [1.807, 2.05) is 0 Å². The van der Waals surface area contributed by atoms with Crippen LogP contribution in [0.5, 0.6) is 0 Å². The predicted molar refractivity (Wildman–Crippen MR) is 142 cm³/mol. The van der Waals surface area contributed by atoms with Gasteiger partial charge in [-0.3, -0.25) is 0 Å². The highest BCUT2D eigenvalue weighted by Gasteiger charge is 2.39. The van der Waals surface area contributed by atoms with Crippen LogP contribution in [0.4, 0.5) is 0 Å². The van der Waals surface area contributed by atoms with Crippen LogP contribution < -0.4 is 0 Å². The molecule has 0 heteroatoms. The van der Waals surface area contributed by atoms with Gasteiger partial charge >= 0.3 is 0 Å². The minimum absolute atomic E-state index is 0.917. The summed E-state index contributed by atoms with van der Waals surface area (Å²) in [5.41, 5.74) is 2.99. The Bertz CT molecular complexity index is 643. The lowest BCUT2D eigenvalue weighted by Crippen LogP contribution is -2.38. The van der Waals surface area contributed by atoms with Crippen LogP contribution in [0.3, 0.4) is 0 Å². The Hall–Kier alpha value is -0.780. The quantitative estimate of drug-likeness (QED) is 0.319. The Kier molecular flexibility index (Phi) is 10.2. The minimum atomic E-state index is 0.917. The van der Waals surface area contributed by atoms with Gasteiger partial charge in [-0.25, -0.2) is 0 Å². The van der Waals surface area contributed by atoms with E-state index in [2.05, 4.69) is 65.8 Å². The molecule has 0 aromatic heterocycles. The Balaban J connectivity index is 1.40. The van der Waals surface area contributed by atoms with Gasteiger partial charge in [0.2, 0.25) is 0 Å².